The SMILES string of the molecule is Cc1nc2sc(C(c3ccc([N+](=O)[O-])cc3)N3CCC(O)CC3)c(O)n2n1. The summed E-state index contributed by atoms with van der Waals surface area (Å²) < 4.78 is 1.42. The molecule has 1 fully saturated rings. The Labute approximate surface area is 158 Å². The molecule has 3 aromatic rings. The van der Waals surface area contributed by atoms with Gasteiger partial charge in [0, 0.05) is 25.2 Å². The minimum Gasteiger partial charge on any atom is -0.492 e. The summed E-state index contributed by atoms with van der Waals surface area (Å²) in [5, 5.41) is 35.8. The summed E-state index contributed by atoms with van der Waals surface area (Å²) in [6, 6.07) is 6.09. The number of fused-ring (bicyclic) bond motifs is 1. The maximum Gasteiger partial charge on any atom is 0.269 e. The number of aryl methyl sites for hydroxylation is 1. The first kappa shape index (κ1) is 17.8. The summed E-state index contributed by atoms with van der Waals surface area (Å²) in [7, 11) is 0. The highest BCUT2D eigenvalue weighted by Crippen LogP contribution is 2.41. The third-order valence-electron chi connectivity index (χ3n) is 4.84. The summed E-state index contributed by atoms with van der Waals surface area (Å²) in [5.74, 6) is 0.612. The number of hydrogen-bond acceptors (Lipinski definition) is 8. The van der Waals surface area contributed by atoms with E-state index < -0.39 is 4.92 Å². The molecule has 2 N–H and O–H groups in total. The standard InChI is InChI=1S/C17H19N5O4S/c1-10-18-17-21(19-10)16(24)15(27-17)14(20-8-6-13(23)7-9-20)11-2-4-12(5-3-11)22(25)26/h2-5,13-14,23-24H,6-9H2,1H3. The lowest BCUT2D eigenvalue weighted by Gasteiger charge is -2.35. The molecule has 1 aromatic carbocycles. The minimum absolute atomic E-state index is 0.0223. The second-order valence-corrected chi connectivity index (χ2v) is 7.67. The summed E-state index contributed by atoms with van der Waals surface area (Å²) >= 11 is 1.35. The zero-order valence-corrected chi connectivity index (χ0v) is 15.5. The molecule has 0 bridgehead atoms. The molecule has 0 radical (unpaired) electrons. The van der Waals surface area contributed by atoms with Gasteiger partial charge >= 0.3 is 0 Å². The van der Waals surface area contributed by atoms with Crippen molar-refractivity contribution in [2.75, 3.05) is 13.1 Å². The van der Waals surface area contributed by atoms with Crippen molar-refractivity contribution >= 4 is 22.0 Å². The van der Waals surface area contributed by atoms with Crippen LogP contribution in [-0.2, 0) is 0 Å². The second kappa shape index (κ2) is 6.87. The minimum atomic E-state index is -0.431. The third-order valence-corrected chi connectivity index (χ3v) is 5.91. The van der Waals surface area contributed by atoms with Gasteiger partial charge in [0.15, 0.2) is 0 Å². The van der Waals surface area contributed by atoms with Crippen molar-refractivity contribution < 1.29 is 15.1 Å². The zero-order chi connectivity index (χ0) is 19.1. The lowest BCUT2D eigenvalue weighted by Crippen LogP contribution is -2.38. The van der Waals surface area contributed by atoms with Crippen molar-refractivity contribution in [3.63, 3.8) is 0 Å². The van der Waals surface area contributed by atoms with Gasteiger partial charge in [0.1, 0.15) is 5.82 Å². The van der Waals surface area contributed by atoms with Crippen LogP contribution in [0.3, 0.4) is 0 Å². The van der Waals surface area contributed by atoms with E-state index in [0.29, 0.717) is 41.6 Å². The fourth-order valence-corrected chi connectivity index (χ4v) is 4.64. The van der Waals surface area contributed by atoms with Gasteiger partial charge < -0.3 is 10.2 Å². The number of benzene rings is 1. The third kappa shape index (κ3) is 3.27. The van der Waals surface area contributed by atoms with Crippen LogP contribution in [0, 0.1) is 17.0 Å². The van der Waals surface area contributed by atoms with Crippen LogP contribution in [0.25, 0.3) is 4.96 Å². The number of thiazole rings is 1. The van der Waals surface area contributed by atoms with Crippen molar-refractivity contribution in [2.45, 2.75) is 31.9 Å². The molecule has 0 spiro atoms. The number of nitro benzene ring substituents is 1. The molecule has 27 heavy (non-hydrogen) atoms. The van der Waals surface area contributed by atoms with E-state index in [9.17, 15) is 20.3 Å². The topological polar surface area (TPSA) is 117 Å². The monoisotopic (exact) mass is 389 g/mol. The second-order valence-electron chi connectivity index (χ2n) is 6.66. The summed E-state index contributed by atoms with van der Waals surface area (Å²) in [5.41, 5.74) is 0.863. The van der Waals surface area contributed by atoms with Crippen molar-refractivity contribution in [2.24, 2.45) is 0 Å². The Bertz CT molecular complexity index is 975. The van der Waals surface area contributed by atoms with E-state index in [4.69, 9.17) is 0 Å². The van der Waals surface area contributed by atoms with E-state index in [2.05, 4.69) is 15.0 Å². The van der Waals surface area contributed by atoms with Crippen molar-refractivity contribution in [1.29, 1.82) is 0 Å². The van der Waals surface area contributed by atoms with Crippen LogP contribution in [-0.4, -0.2) is 53.8 Å². The lowest BCUT2D eigenvalue weighted by atomic mass is 9.99. The molecule has 1 atom stereocenters. The Morgan fingerprint density at radius 1 is 1.30 bits per heavy atom. The summed E-state index contributed by atoms with van der Waals surface area (Å²) in [6.07, 6.45) is 0.964. The van der Waals surface area contributed by atoms with E-state index in [-0.39, 0.29) is 23.7 Å². The van der Waals surface area contributed by atoms with E-state index in [1.54, 1.807) is 19.1 Å². The van der Waals surface area contributed by atoms with Gasteiger partial charge in [-0.15, -0.1) is 5.10 Å². The van der Waals surface area contributed by atoms with E-state index in [1.165, 1.54) is 28.0 Å². The van der Waals surface area contributed by atoms with Crippen LogP contribution in [0.1, 0.15) is 35.1 Å². The highest BCUT2D eigenvalue weighted by Gasteiger charge is 2.32. The Kier molecular flexibility index (Phi) is 4.54. The number of aromatic nitrogens is 3. The lowest BCUT2D eigenvalue weighted by molar-refractivity contribution is -0.384. The van der Waals surface area contributed by atoms with Crippen molar-refractivity contribution in [3.05, 3.63) is 50.6 Å². The molecule has 2 aromatic heterocycles. The van der Waals surface area contributed by atoms with Crippen LogP contribution >= 0.6 is 11.3 Å². The van der Waals surface area contributed by atoms with Gasteiger partial charge in [-0.1, -0.05) is 23.5 Å². The molecule has 9 nitrogen and oxygen atoms in total. The Balaban J connectivity index is 1.78. The van der Waals surface area contributed by atoms with Crippen LogP contribution in [0.2, 0.25) is 0 Å². The van der Waals surface area contributed by atoms with Crippen LogP contribution in [0.4, 0.5) is 5.69 Å². The molecule has 0 amide bonds. The number of aliphatic hydroxyl groups excluding tert-OH is 1. The molecule has 1 aliphatic heterocycles. The van der Waals surface area contributed by atoms with Gasteiger partial charge in [0.25, 0.3) is 5.69 Å². The number of nitro groups is 1. The number of nitrogens with zero attached hydrogens (tertiary/aromatic N) is 5. The van der Waals surface area contributed by atoms with Gasteiger partial charge in [0.2, 0.25) is 10.8 Å². The first-order chi connectivity index (χ1) is 12.9. The maximum atomic E-state index is 11.0. The first-order valence-electron chi connectivity index (χ1n) is 8.65. The van der Waals surface area contributed by atoms with Crippen molar-refractivity contribution in [1.82, 2.24) is 19.5 Å². The molecule has 3 heterocycles. The molecule has 1 saturated heterocycles. The zero-order valence-electron chi connectivity index (χ0n) is 14.6. The number of non-ortho nitro benzene ring substituents is 1. The van der Waals surface area contributed by atoms with Gasteiger partial charge in [-0.05, 0) is 25.3 Å². The van der Waals surface area contributed by atoms with E-state index >= 15 is 0 Å². The Morgan fingerprint density at radius 2 is 1.96 bits per heavy atom. The molecule has 142 valence electrons. The fourth-order valence-electron chi connectivity index (χ4n) is 3.48. The number of rotatable bonds is 4. The molecule has 4 rings (SSSR count). The smallest absolute Gasteiger partial charge is 0.269 e. The average molecular weight is 389 g/mol. The Morgan fingerprint density at radius 3 is 2.56 bits per heavy atom. The molecular weight excluding hydrogens is 370 g/mol. The predicted molar refractivity (Wildman–Crippen MR) is 99.0 cm³/mol. The van der Waals surface area contributed by atoms with Gasteiger partial charge in [0.05, 0.1) is 21.9 Å². The molecular formula is C17H19N5O4S. The highest BCUT2D eigenvalue weighted by molar-refractivity contribution is 7.17. The quantitative estimate of drug-likeness (QED) is 0.519. The number of likely N-dealkylation sites (tertiary alicyclic amines) is 1. The van der Waals surface area contributed by atoms with Gasteiger partial charge in [-0.25, -0.2) is 4.98 Å². The number of hydrogen-bond donors (Lipinski definition) is 2. The summed E-state index contributed by atoms with van der Waals surface area (Å²) in [4.78, 5) is 18.3. The maximum absolute atomic E-state index is 11.0. The van der Waals surface area contributed by atoms with Crippen LogP contribution in [0.15, 0.2) is 24.3 Å². The largest absolute Gasteiger partial charge is 0.492 e. The summed E-state index contributed by atoms with van der Waals surface area (Å²) in [6.45, 7) is 3.09. The van der Waals surface area contributed by atoms with Crippen LogP contribution < -0.4 is 0 Å². The molecule has 0 aliphatic carbocycles. The van der Waals surface area contributed by atoms with Gasteiger partial charge in [-0.3, -0.25) is 15.0 Å². The van der Waals surface area contributed by atoms with Crippen molar-refractivity contribution in [3.8, 4) is 5.88 Å². The number of piperidine rings is 1. The first-order valence-corrected chi connectivity index (χ1v) is 9.47. The molecule has 1 aliphatic rings. The van der Waals surface area contributed by atoms with E-state index in [1.807, 2.05) is 0 Å². The number of aliphatic hydroxyl groups is 1. The Hall–Kier alpha value is -2.56. The predicted octanol–water partition coefficient (Wildman–Crippen LogP) is 2.26. The van der Waals surface area contributed by atoms with Crippen LogP contribution in [0.5, 0.6) is 5.88 Å². The molecule has 1 unspecified atom stereocenters. The normalized spacial score (nSPS) is 17.4. The van der Waals surface area contributed by atoms with E-state index in [0.717, 1.165) is 5.56 Å². The highest BCUT2D eigenvalue weighted by atomic mass is 32.1. The average Bonchev–Trinajstić information content (AvgIpc) is 3.15. The molecule has 10 heteroatoms. The van der Waals surface area contributed by atoms with Gasteiger partial charge in [-0.2, -0.15) is 4.52 Å². The number of aromatic hydroxyl groups is 1. The fraction of sp³-hybridized carbons (Fsp3) is 0.412. The molecule has 0 saturated carbocycles.